The molecule has 5 nitrogen and oxygen atoms in total. The molecule has 2 N–H and O–H groups in total. The predicted molar refractivity (Wildman–Crippen MR) is 83.9 cm³/mol. The molecule has 1 saturated heterocycles. The Morgan fingerprint density at radius 1 is 1.19 bits per heavy atom. The summed E-state index contributed by atoms with van der Waals surface area (Å²) in [5, 5.41) is 6.72. The number of piperidine rings is 1. The smallest absolute Gasteiger partial charge is 0.135 e. The van der Waals surface area contributed by atoms with E-state index in [-0.39, 0.29) is 0 Å². The van der Waals surface area contributed by atoms with Gasteiger partial charge in [-0.2, -0.15) is 0 Å². The molecule has 0 spiro atoms. The van der Waals surface area contributed by atoms with E-state index in [1.807, 2.05) is 19.1 Å². The van der Waals surface area contributed by atoms with Crippen LogP contribution in [-0.2, 0) is 0 Å². The minimum Gasteiger partial charge on any atom is -0.325 e. The fourth-order valence-corrected chi connectivity index (χ4v) is 2.70. The summed E-state index contributed by atoms with van der Waals surface area (Å²) < 4.78 is 0. The van der Waals surface area contributed by atoms with E-state index in [4.69, 9.17) is 0 Å². The SMILES string of the molecule is Cc1ccnc(Nc2cc(C3CCCNC3)nc(C)n2)c1. The summed E-state index contributed by atoms with van der Waals surface area (Å²) in [6, 6.07) is 6.05. The van der Waals surface area contributed by atoms with Crippen LogP contribution in [0.25, 0.3) is 0 Å². The molecular weight excluding hydrogens is 262 g/mol. The number of rotatable bonds is 3. The summed E-state index contributed by atoms with van der Waals surface area (Å²) in [7, 11) is 0. The van der Waals surface area contributed by atoms with Crippen LogP contribution < -0.4 is 10.6 Å². The van der Waals surface area contributed by atoms with E-state index in [2.05, 4.69) is 38.6 Å². The Kier molecular flexibility index (Phi) is 4.10. The van der Waals surface area contributed by atoms with Gasteiger partial charge in [0.2, 0.25) is 0 Å². The number of aryl methyl sites for hydroxylation is 2. The molecule has 21 heavy (non-hydrogen) atoms. The van der Waals surface area contributed by atoms with E-state index in [1.165, 1.54) is 18.4 Å². The van der Waals surface area contributed by atoms with Gasteiger partial charge in [0.05, 0.1) is 5.69 Å². The molecule has 0 bridgehead atoms. The molecule has 1 atom stereocenters. The van der Waals surface area contributed by atoms with Gasteiger partial charge in [0, 0.05) is 24.7 Å². The van der Waals surface area contributed by atoms with Crippen molar-refractivity contribution in [3.8, 4) is 0 Å². The van der Waals surface area contributed by atoms with Crippen LogP contribution in [0.3, 0.4) is 0 Å². The highest BCUT2D eigenvalue weighted by atomic mass is 15.1. The third-order valence-electron chi connectivity index (χ3n) is 3.74. The Morgan fingerprint density at radius 2 is 2.10 bits per heavy atom. The molecule has 2 aromatic rings. The van der Waals surface area contributed by atoms with Crippen LogP contribution in [-0.4, -0.2) is 28.0 Å². The first-order valence-corrected chi connectivity index (χ1v) is 7.47. The summed E-state index contributed by atoms with van der Waals surface area (Å²) in [6.45, 7) is 6.10. The highest BCUT2D eigenvalue weighted by Gasteiger charge is 2.17. The first-order valence-electron chi connectivity index (χ1n) is 7.47. The quantitative estimate of drug-likeness (QED) is 0.907. The van der Waals surface area contributed by atoms with Crippen molar-refractivity contribution in [1.82, 2.24) is 20.3 Å². The standard InChI is InChI=1S/C16H21N5/c1-11-5-7-18-15(8-11)21-16-9-14(19-12(2)20-16)13-4-3-6-17-10-13/h5,7-9,13,17H,3-4,6,10H2,1-2H3,(H,18,19,20,21). The highest BCUT2D eigenvalue weighted by Crippen LogP contribution is 2.24. The largest absolute Gasteiger partial charge is 0.325 e. The lowest BCUT2D eigenvalue weighted by Crippen LogP contribution is -2.29. The van der Waals surface area contributed by atoms with Crippen LogP contribution >= 0.6 is 0 Å². The molecule has 2 aromatic heterocycles. The number of anilines is 2. The number of aromatic nitrogens is 3. The minimum absolute atomic E-state index is 0.478. The average Bonchev–Trinajstić information content (AvgIpc) is 2.47. The van der Waals surface area contributed by atoms with Crippen molar-refractivity contribution in [2.24, 2.45) is 0 Å². The number of nitrogens with one attached hydrogen (secondary N) is 2. The second-order valence-corrected chi connectivity index (χ2v) is 5.61. The monoisotopic (exact) mass is 283 g/mol. The van der Waals surface area contributed by atoms with E-state index < -0.39 is 0 Å². The van der Waals surface area contributed by atoms with E-state index >= 15 is 0 Å². The molecule has 1 unspecified atom stereocenters. The van der Waals surface area contributed by atoms with E-state index in [0.29, 0.717) is 5.92 Å². The van der Waals surface area contributed by atoms with Crippen LogP contribution in [0.15, 0.2) is 24.4 Å². The molecule has 1 aliphatic rings. The maximum Gasteiger partial charge on any atom is 0.135 e. The highest BCUT2D eigenvalue weighted by molar-refractivity contribution is 5.52. The number of hydrogen-bond donors (Lipinski definition) is 2. The number of nitrogens with zero attached hydrogens (tertiary/aromatic N) is 3. The van der Waals surface area contributed by atoms with Crippen molar-refractivity contribution in [1.29, 1.82) is 0 Å². The summed E-state index contributed by atoms with van der Waals surface area (Å²) in [6.07, 6.45) is 4.19. The molecule has 3 rings (SSSR count). The zero-order chi connectivity index (χ0) is 14.7. The average molecular weight is 283 g/mol. The van der Waals surface area contributed by atoms with Gasteiger partial charge in [-0.15, -0.1) is 0 Å². The molecule has 1 fully saturated rings. The van der Waals surface area contributed by atoms with E-state index in [0.717, 1.165) is 36.2 Å². The Morgan fingerprint density at radius 3 is 2.86 bits per heavy atom. The van der Waals surface area contributed by atoms with Crippen LogP contribution in [0.5, 0.6) is 0 Å². The lowest BCUT2D eigenvalue weighted by Gasteiger charge is -2.22. The van der Waals surface area contributed by atoms with Gasteiger partial charge in [0.1, 0.15) is 17.5 Å². The normalized spacial score (nSPS) is 18.5. The zero-order valence-electron chi connectivity index (χ0n) is 12.6. The fraction of sp³-hybridized carbons (Fsp3) is 0.438. The van der Waals surface area contributed by atoms with Gasteiger partial charge >= 0.3 is 0 Å². The maximum absolute atomic E-state index is 4.61. The molecular formula is C16H21N5. The van der Waals surface area contributed by atoms with E-state index in [9.17, 15) is 0 Å². The van der Waals surface area contributed by atoms with Gasteiger partial charge < -0.3 is 10.6 Å². The second-order valence-electron chi connectivity index (χ2n) is 5.61. The van der Waals surface area contributed by atoms with Gasteiger partial charge in [-0.05, 0) is 50.9 Å². The van der Waals surface area contributed by atoms with Crippen molar-refractivity contribution < 1.29 is 0 Å². The van der Waals surface area contributed by atoms with Crippen molar-refractivity contribution in [2.75, 3.05) is 18.4 Å². The van der Waals surface area contributed by atoms with E-state index in [1.54, 1.807) is 6.20 Å². The van der Waals surface area contributed by atoms with Crippen LogP contribution in [0.4, 0.5) is 11.6 Å². The van der Waals surface area contributed by atoms with Crippen molar-refractivity contribution in [2.45, 2.75) is 32.6 Å². The zero-order valence-corrected chi connectivity index (χ0v) is 12.6. The van der Waals surface area contributed by atoms with Crippen molar-refractivity contribution >= 4 is 11.6 Å². The molecule has 0 saturated carbocycles. The first kappa shape index (κ1) is 13.9. The molecule has 1 aliphatic heterocycles. The third kappa shape index (κ3) is 3.55. The van der Waals surface area contributed by atoms with Gasteiger partial charge in [0.15, 0.2) is 0 Å². The van der Waals surface area contributed by atoms with Crippen LogP contribution in [0.1, 0.15) is 35.8 Å². The predicted octanol–water partition coefficient (Wildman–Crippen LogP) is 2.70. The van der Waals surface area contributed by atoms with Gasteiger partial charge in [0.25, 0.3) is 0 Å². The Hall–Kier alpha value is -2.01. The molecule has 3 heterocycles. The topological polar surface area (TPSA) is 62.7 Å². The minimum atomic E-state index is 0.478. The van der Waals surface area contributed by atoms with Crippen molar-refractivity contribution in [3.63, 3.8) is 0 Å². The summed E-state index contributed by atoms with van der Waals surface area (Å²) >= 11 is 0. The molecule has 0 radical (unpaired) electrons. The molecule has 110 valence electrons. The Labute approximate surface area is 125 Å². The summed E-state index contributed by atoms with van der Waals surface area (Å²) in [4.78, 5) is 13.4. The number of pyridine rings is 1. The lowest BCUT2D eigenvalue weighted by atomic mass is 9.96. The lowest BCUT2D eigenvalue weighted by molar-refractivity contribution is 0.453. The summed E-state index contributed by atoms with van der Waals surface area (Å²) in [5.74, 6) is 2.92. The summed E-state index contributed by atoms with van der Waals surface area (Å²) in [5.41, 5.74) is 2.29. The van der Waals surface area contributed by atoms with Crippen molar-refractivity contribution in [3.05, 3.63) is 41.5 Å². The Balaban J connectivity index is 1.83. The van der Waals surface area contributed by atoms with Gasteiger partial charge in [-0.1, -0.05) is 0 Å². The first-order chi connectivity index (χ1) is 10.2. The molecule has 0 aromatic carbocycles. The Bertz CT molecular complexity index is 620. The fourth-order valence-electron chi connectivity index (χ4n) is 2.70. The van der Waals surface area contributed by atoms with Gasteiger partial charge in [-0.25, -0.2) is 15.0 Å². The molecule has 0 amide bonds. The van der Waals surface area contributed by atoms with Crippen LogP contribution in [0.2, 0.25) is 0 Å². The number of hydrogen-bond acceptors (Lipinski definition) is 5. The third-order valence-corrected chi connectivity index (χ3v) is 3.74. The molecule has 5 heteroatoms. The second kappa shape index (κ2) is 6.18. The maximum atomic E-state index is 4.61. The molecule has 0 aliphatic carbocycles. The van der Waals surface area contributed by atoms with Gasteiger partial charge in [-0.3, -0.25) is 0 Å². The van der Waals surface area contributed by atoms with Crippen LogP contribution in [0, 0.1) is 13.8 Å².